The molecule has 0 spiro atoms. The molecule has 0 fully saturated rings. The van der Waals surface area contributed by atoms with E-state index in [4.69, 9.17) is 8.83 Å². The number of fused-ring (bicyclic) bond motifs is 3. The fraction of sp³-hybridized carbons (Fsp3) is 0.0465. The van der Waals surface area contributed by atoms with E-state index in [0.717, 1.165) is 72.4 Å². The van der Waals surface area contributed by atoms with E-state index in [0.29, 0.717) is 5.25 Å². The average molecular weight is 622 g/mol. The van der Waals surface area contributed by atoms with Crippen LogP contribution in [0.4, 0.5) is 0 Å². The number of hydrogen-bond acceptors (Lipinski definition) is 4. The Morgan fingerprint density at radius 3 is 1.57 bits per heavy atom. The third-order valence-corrected chi connectivity index (χ3v) is 10.4. The normalized spacial score (nSPS) is 17.0. The number of furan rings is 2. The van der Waals surface area contributed by atoms with E-state index in [-0.39, 0.29) is 5.92 Å². The molecule has 7 aromatic rings. The Morgan fingerprint density at radius 2 is 1.04 bits per heavy atom. The lowest BCUT2D eigenvalue weighted by molar-refractivity contribution is 0.631. The largest absolute Gasteiger partial charge is 0.456 e. The number of allylic oxidation sites excluding steroid dienone is 4. The van der Waals surface area contributed by atoms with Crippen LogP contribution < -0.4 is 0 Å². The summed E-state index contributed by atoms with van der Waals surface area (Å²) in [6.45, 7) is 0. The first kappa shape index (κ1) is 27.5. The lowest BCUT2D eigenvalue weighted by atomic mass is 9.93. The van der Waals surface area contributed by atoms with Crippen molar-refractivity contribution >= 4 is 38.6 Å². The molecule has 0 amide bonds. The minimum absolute atomic E-state index is 0.216. The maximum absolute atomic E-state index is 9.47. The number of rotatable bonds is 5. The molecule has 5 aromatic carbocycles. The molecule has 0 radical (unpaired) electrons. The van der Waals surface area contributed by atoms with Crippen LogP contribution in [0.3, 0.4) is 0 Å². The van der Waals surface area contributed by atoms with Crippen LogP contribution in [0.2, 0.25) is 0 Å². The number of nitrogens with zero attached hydrogens (tertiary/aromatic N) is 1. The molecule has 2 aromatic heterocycles. The van der Waals surface area contributed by atoms with E-state index in [2.05, 4.69) is 115 Å². The van der Waals surface area contributed by atoms with Gasteiger partial charge >= 0.3 is 0 Å². The van der Waals surface area contributed by atoms with Crippen molar-refractivity contribution in [2.45, 2.75) is 5.25 Å². The van der Waals surface area contributed by atoms with Gasteiger partial charge in [-0.3, -0.25) is 0 Å². The van der Waals surface area contributed by atoms with Crippen LogP contribution in [0.15, 0.2) is 166 Å². The summed E-state index contributed by atoms with van der Waals surface area (Å²) >= 11 is 1.87. The van der Waals surface area contributed by atoms with Gasteiger partial charge in [-0.2, -0.15) is 5.26 Å². The fourth-order valence-corrected chi connectivity index (χ4v) is 7.80. The number of nitriles is 1. The molecule has 4 heteroatoms. The molecule has 0 bridgehead atoms. The summed E-state index contributed by atoms with van der Waals surface area (Å²) < 4.78 is 12.3. The summed E-state index contributed by atoms with van der Waals surface area (Å²) in [7, 11) is 0. The molecular weight excluding hydrogens is 595 g/mol. The van der Waals surface area contributed by atoms with Crippen LogP contribution >= 0.6 is 11.8 Å². The highest BCUT2D eigenvalue weighted by Crippen LogP contribution is 2.47. The van der Waals surface area contributed by atoms with E-state index in [1.54, 1.807) is 0 Å². The summed E-state index contributed by atoms with van der Waals surface area (Å²) in [6, 6.07) is 46.8. The zero-order valence-electron chi connectivity index (χ0n) is 25.3. The third kappa shape index (κ3) is 5.12. The lowest BCUT2D eigenvalue weighted by Crippen LogP contribution is -2.09. The van der Waals surface area contributed by atoms with Crippen molar-refractivity contribution in [3.05, 3.63) is 163 Å². The van der Waals surface area contributed by atoms with Crippen molar-refractivity contribution in [1.29, 1.82) is 5.26 Å². The van der Waals surface area contributed by atoms with Gasteiger partial charge < -0.3 is 8.83 Å². The zero-order valence-corrected chi connectivity index (χ0v) is 26.1. The first-order valence-corrected chi connectivity index (χ1v) is 16.6. The first-order valence-electron chi connectivity index (χ1n) is 15.7. The van der Waals surface area contributed by atoms with E-state index < -0.39 is 0 Å². The molecule has 47 heavy (non-hydrogen) atoms. The molecule has 3 heterocycles. The predicted molar refractivity (Wildman–Crippen MR) is 193 cm³/mol. The van der Waals surface area contributed by atoms with Gasteiger partial charge in [0.05, 0.1) is 6.07 Å². The topological polar surface area (TPSA) is 50.1 Å². The first-order chi connectivity index (χ1) is 23.2. The SMILES string of the molecule is N#CC1=CC2C=C(c3cc(-c4ccc(-c5cc6ccccc6o5)cc4)cc(-c4ccc(-c5cc6ccccc6o5)cc4)c3)SC2C=C1. The van der Waals surface area contributed by atoms with Gasteiger partial charge in [-0.1, -0.05) is 103 Å². The number of benzene rings is 5. The van der Waals surface area contributed by atoms with E-state index in [1.165, 1.54) is 10.5 Å². The van der Waals surface area contributed by atoms with Crippen molar-refractivity contribution in [2.24, 2.45) is 5.92 Å². The molecule has 9 rings (SSSR count). The number of thioether (sulfide) groups is 1. The van der Waals surface area contributed by atoms with Crippen molar-refractivity contribution in [3.8, 4) is 51.0 Å². The van der Waals surface area contributed by atoms with Gasteiger partial charge in [-0.05, 0) is 76.4 Å². The standard InChI is InChI=1S/C43H27NO2S/c44-26-27-9-18-42-36(19-27)25-43(47-42)37-21-34(28-10-14-30(15-11-28)40-23-32-5-1-3-7-38(32)45-40)20-35(22-37)29-12-16-31(17-13-29)41-24-33-6-2-4-8-39(33)46-41/h1-25,36,42H. The van der Waals surface area contributed by atoms with Crippen LogP contribution in [0.1, 0.15) is 5.56 Å². The van der Waals surface area contributed by atoms with Gasteiger partial charge in [0, 0.05) is 43.5 Å². The van der Waals surface area contributed by atoms with Crippen molar-refractivity contribution in [2.75, 3.05) is 0 Å². The van der Waals surface area contributed by atoms with Gasteiger partial charge in [0.25, 0.3) is 0 Å². The minimum atomic E-state index is 0.216. The van der Waals surface area contributed by atoms with Gasteiger partial charge in [0.1, 0.15) is 22.7 Å². The molecule has 2 atom stereocenters. The van der Waals surface area contributed by atoms with Crippen LogP contribution in [0, 0.1) is 17.2 Å². The molecule has 2 aliphatic rings. The molecule has 0 N–H and O–H groups in total. The highest BCUT2D eigenvalue weighted by Gasteiger charge is 2.28. The molecule has 3 nitrogen and oxygen atoms in total. The van der Waals surface area contributed by atoms with Crippen LogP contribution in [0.5, 0.6) is 0 Å². The van der Waals surface area contributed by atoms with E-state index in [9.17, 15) is 5.26 Å². The Morgan fingerprint density at radius 1 is 0.532 bits per heavy atom. The quantitative estimate of drug-likeness (QED) is 0.192. The summed E-state index contributed by atoms with van der Waals surface area (Å²) in [4.78, 5) is 1.24. The van der Waals surface area contributed by atoms with Crippen molar-refractivity contribution in [3.63, 3.8) is 0 Å². The van der Waals surface area contributed by atoms with Crippen LogP contribution in [0.25, 0.3) is 71.7 Å². The van der Waals surface area contributed by atoms with E-state index in [1.807, 2.05) is 54.2 Å². The van der Waals surface area contributed by atoms with Gasteiger partial charge in [-0.15, -0.1) is 11.8 Å². The van der Waals surface area contributed by atoms with Gasteiger partial charge in [0.15, 0.2) is 0 Å². The van der Waals surface area contributed by atoms with Gasteiger partial charge in [-0.25, -0.2) is 0 Å². The Hall–Kier alpha value is -5.76. The Labute approximate surface area is 276 Å². The van der Waals surface area contributed by atoms with Crippen molar-refractivity contribution in [1.82, 2.24) is 0 Å². The maximum Gasteiger partial charge on any atom is 0.135 e. The molecule has 222 valence electrons. The fourth-order valence-electron chi connectivity index (χ4n) is 6.55. The Bertz CT molecular complexity index is 2250. The lowest BCUT2D eigenvalue weighted by Gasteiger charge is -2.15. The van der Waals surface area contributed by atoms with Crippen LogP contribution in [-0.2, 0) is 0 Å². The smallest absolute Gasteiger partial charge is 0.135 e. The monoisotopic (exact) mass is 621 g/mol. The summed E-state index contributed by atoms with van der Waals surface area (Å²) in [5.41, 5.74) is 10.4. The third-order valence-electron chi connectivity index (χ3n) is 9.03. The summed E-state index contributed by atoms with van der Waals surface area (Å²) in [6.07, 6.45) is 8.51. The number of para-hydroxylation sites is 2. The molecule has 0 saturated heterocycles. The van der Waals surface area contributed by atoms with Crippen molar-refractivity contribution < 1.29 is 8.83 Å². The molecule has 2 unspecified atom stereocenters. The molecule has 1 aliphatic heterocycles. The Kier molecular flexibility index (Phi) is 6.59. The zero-order chi connectivity index (χ0) is 31.3. The molecular formula is C43H27NO2S. The maximum atomic E-state index is 9.47. The summed E-state index contributed by atoms with van der Waals surface area (Å²) in [5.74, 6) is 1.95. The van der Waals surface area contributed by atoms with E-state index >= 15 is 0 Å². The molecule has 1 aliphatic carbocycles. The summed E-state index contributed by atoms with van der Waals surface area (Å²) in [5, 5.41) is 12.0. The highest BCUT2D eigenvalue weighted by atomic mass is 32.2. The van der Waals surface area contributed by atoms with Gasteiger partial charge in [0.2, 0.25) is 0 Å². The molecule has 0 saturated carbocycles. The second-order valence-corrected chi connectivity index (χ2v) is 13.3. The highest BCUT2D eigenvalue weighted by molar-refractivity contribution is 8.09. The average Bonchev–Trinajstić information content (AvgIpc) is 3.88. The minimum Gasteiger partial charge on any atom is -0.456 e. The van der Waals surface area contributed by atoms with Crippen LogP contribution in [-0.4, -0.2) is 5.25 Å². The number of hydrogen-bond donors (Lipinski definition) is 0. The second-order valence-electron chi connectivity index (χ2n) is 12.0. The Balaban J connectivity index is 1.10. The second kappa shape index (κ2) is 11.2. The predicted octanol–water partition coefficient (Wildman–Crippen LogP) is 11.9.